The van der Waals surface area contributed by atoms with Gasteiger partial charge in [-0.3, -0.25) is 0 Å². The minimum atomic E-state index is -0.0982. The third-order valence-corrected chi connectivity index (χ3v) is 3.67. The monoisotopic (exact) mass is 221 g/mol. The fraction of sp³-hybridized carbons (Fsp3) is 0.571. The highest BCUT2D eigenvalue weighted by Crippen LogP contribution is 2.29. The lowest BCUT2D eigenvalue weighted by Crippen LogP contribution is -2.36. The number of hydrogen-bond acceptors (Lipinski definition) is 1. The van der Waals surface area contributed by atoms with Gasteiger partial charge in [-0.1, -0.05) is 24.1 Å². The van der Waals surface area contributed by atoms with Gasteiger partial charge in [0.25, 0.3) is 0 Å². The summed E-state index contributed by atoms with van der Waals surface area (Å²) >= 11 is 0. The standard InChI is InChI=1S/C14H20FN/c1-10-6-7-14(15)13(8-10)9-16-11(2)12-4-3-5-12/h6-8,11-12,16H,3-5,9H2,1-2H3. The Bertz CT molecular complexity index is 358. The van der Waals surface area contributed by atoms with Crippen LogP contribution in [0.3, 0.4) is 0 Å². The van der Waals surface area contributed by atoms with E-state index in [4.69, 9.17) is 0 Å². The van der Waals surface area contributed by atoms with Crippen molar-refractivity contribution in [3.05, 3.63) is 35.1 Å². The van der Waals surface area contributed by atoms with Crippen molar-refractivity contribution in [2.45, 2.75) is 45.7 Å². The molecule has 0 aromatic heterocycles. The third-order valence-electron chi connectivity index (χ3n) is 3.67. The molecule has 16 heavy (non-hydrogen) atoms. The molecule has 0 amide bonds. The normalized spacial score (nSPS) is 18.2. The molecule has 0 bridgehead atoms. The van der Waals surface area contributed by atoms with Gasteiger partial charge in [0.15, 0.2) is 0 Å². The van der Waals surface area contributed by atoms with Crippen molar-refractivity contribution >= 4 is 0 Å². The first-order valence-corrected chi connectivity index (χ1v) is 6.15. The van der Waals surface area contributed by atoms with Crippen LogP contribution in [-0.4, -0.2) is 6.04 Å². The van der Waals surface area contributed by atoms with Gasteiger partial charge >= 0.3 is 0 Å². The van der Waals surface area contributed by atoms with E-state index < -0.39 is 0 Å². The molecule has 0 radical (unpaired) electrons. The van der Waals surface area contributed by atoms with Gasteiger partial charge < -0.3 is 5.32 Å². The highest BCUT2D eigenvalue weighted by atomic mass is 19.1. The molecule has 0 saturated heterocycles. The smallest absolute Gasteiger partial charge is 0.127 e. The summed E-state index contributed by atoms with van der Waals surface area (Å²) in [6, 6.07) is 5.80. The Hall–Kier alpha value is -0.890. The van der Waals surface area contributed by atoms with Gasteiger partial charge in [-0.05, 0) is 38.7 Å². The van der Waals surface area contributed by atoms with Gasteiger partial charge in [0.2, 0.25) is 0 Å². The molecular formula is C14H20FN. The summed E-state index contributed by atoms with van der Waals surface area (Å²) in [5, 5.41) is 3.43. The van der Waals surface area contributed by atoms with E-state index in [1.165, 1.54) is 19.3 Å². The van der Waals surface area contributed by atoms with E-state index in [0.29, 0.717) is 12.6 Å². The predicted molar refractivity (Wildman–Crippen MR) is 64.8 cm³/mol. The zero-order valence-corrected chi connectivity index (χ0v) is 10.1. The van der Waals surface area contributed by atoms with Crippen LogP contribution < -0.4 is 5.32 Å². The summed E-state index contributed by atoms with van der Waals surface area (Å²) in [7, 11) is 0. The second-order valence-electron chi connectivity index (χ2n) is 4.96. The highest BCUT2D eigenvalue weighted by Gasteiger charge is 2.23. The Kier molecular flexibility index (Phi) is 3.59. The maximum absolute atomic E-state index is 13.5. The summed E-state index contributed by atoms with van der Waals surface area (Å²) in [6.07, 6.45) is 4.00. The number of aryl methyl sites for hydroxylation is 1. The van der Waals surface area contributed by atoms with Gasteiger partial charge in [-0.2, -0.15) is 0 Å². The molecule has 1 fully saturated rings. The molecule has 1 N–H and O–H groups in total. The lowest BCUT2D eigenvalue weighted by molar-refractivity contribution is 0.239. The number of nitrogens with one attached hydrogen (secondary N) is 1. The quantitative estimate of drug-likeness (QED) is 0.821. The van der Waals surface area contributed by atoms with Crippen LogP contribution in [-0.2, 0) is 6.54 Å². The molecule has 88 valence electrons. The summed E-state index contributed by atoms with van der Waals surface area (Å²) in [4.78, 5) is 0. The fourth-order valence-corrected chi connectivity index (χ4v) is 2.22. The molecule has 1 aliphatic carbocycles. The Labute approximate surface area is 97.1 Å². The van der Waals surface area contributed by atoms with Crippen molar-refractivity contribution < 1.29 is 4.39 Å². The summed E-state index contributed by atoms with van der Waals surface area (Å²) in [5.41, 5.74) is 1.90. The maximum atomic E-state index is 13.5. The average molecular weight is 221 g/mol. The molecule has 2 rings (SSSR count). The van der Waals surface area contributed by atoms with Crippen LogP contribution in [0.4, 0.5) is 4.39 Å². The summed E-state index contributed by atoms with van der Waals surface area (Å²) < 4.78 is 13.5. The molecule has 1 aromatic carbocycles. The third kappa shape index (κ3) is 2.62. The van der Waals surface area contributed by atoms with E-state index in [2.05, 4.69) is 12.2 Å². The lowest BCUT2D eigenvalue weighted by Gasteiger charge is -2.32. The van der Waals surface area contributed by atoms with E-state index in [1.807, 2.05) is 19.1 Å². The van der Waals surface area contributed by atoms with Crippen LogP contribution >= 0.6 is 0 Å². The van der Waals surface area contributed by atoms with E-state index in [1.54, 1.807) is 6.07 Å². The van der Waals surface area contributed by atoms with Gasteiger partial charge in [0.1, 0.15) is 5.82 Å². The predicted octanol–water partition coefficient (Wildman–Crippen LogP) is 3.41. The first-order chi connectivity index (χ1) is 7.66. The second kappa shape index (κ2) is 4.96. The Morgan fingerprint density at radius 1 is 1.44 bits per heavy atom. The molecule has 1 atom stereocenters. The minimum absolute atomic E-state index is 0.0982. The Morgan fingerprint density at radius 3 is 2.81 bits per heavy atom. The van der Waals surface area contributed by atoms with E-state index in [0.717, 1.165) is 17.0 Å². The van der Waals surface area contributed by atoms with Crippen LogP contribution in [0, 0.1) is 18.7 Å². The Morgan fingerprint density at radius 2 is 2.19 bits per heavy atom. The topological polar surface area (TPSA) is 12.0 Å². The Balaban J connectivity index is 1.90. The van der Waals surface area contributed by atoms with Crippen LogP contribution in [0.25, 0.3) is 0 Å². The minimum Gasteiger partial charge on any atom is -0.310 e. The first-order valence-electron chi connectivity index (χ1n) is 6.15. The first kappa shape index (κ1) is 11.6. The molecule has 1 aliphatic rings. The zero-order chi connectivity index (χ0) is 11.5. The number of benzene rings is 1. The molecule has 1 nitrogen and oxygen atoms in total. The van der Waals surface area contributed by atoms with E-state index in [-0.39, 0.29) is 5.82 Å². The van der Waals surface area contributed by atoms with Crippen molar-refractivity contribution in [2.24, 2.45) is 5.92 Å². The van der Waals surface area contributed by atoms with Gasteiger partial charge in [0, 0.05) is 18.2 Å². The number of rotatable bonds is 4. The number of hydrogen-bond donors (Lipinski definition) is 1. The molecule has 0 spiro atoms. The van der Waals surface area contributed by atoms with Gasteiger partial charge in [0.05, 0.1) is 0 Å². The van der Waals surface area contributed by atoms with Crippen molar-refractivity contribution in [1.29, 1.82) is 0 Å². The molecular weight excluding hydrogens is 201 g/mol. The van der Waals surface area contributed by atoms with Crippen molar-refractivity contribution in [2.75, 3.05) is 0 Å². The van der Waals surface area contributed by atoms with Crippen molar-refractivity contribution in [3.63, 3.8) is 0 Å². The van der Waals surface area contributed by atoms with E-state index >= 15 is 0 Å². The van der Waals surface area contributed by atoms with Crippen LogP contribution in [0.15, 0.2) is 18.2 Å². The van der Waals surface area contributed by atoms with Crippen LogP contribution in [0.2, 0.25) is 0 Å². The molecule has 1 aromatic rings. The van der Waals surface area contributed by atoms with Gasteiger partial charge in [-0.25, -0.2) is 4.39 Å². The lowest BCUT2D eigenvalue weighted by atomic mass is 9.80. The summed E-state index contributed by atoms with van der Waals surface area (Å²) in [5.74, 6) is 0.701. The molecule has 1 unspecified atom stereocenters. The van der Waals surface area contributed by atoms with Crippen molar-refractivity contribution in [1.82, 2.24) is 5.32 Å². The van der Waals surface area contributed by atoms with Crippen LogP contribution in [0.1, 0.15) is 37.3 Å². The molecule has 1 saturated carbocycles. The van der Waals surface area contributed by atoms with Crippen molar-refractivity contribution in [3.8, 4) is 0 Å². The largest absolute Gasteiger partial charge is 0.310 e. The molecule has 2 heteroatoms. The second-order valence-corrected chi connectivity index (χ2v) is 4.96. The highest BCUT2D eigenvalue weighted by molar-refractivity contribution is 5.23. The summed E-state index contributed by atoms with van der Waals surface area (Å²) in [6.45, 7) is 4.85. The molecule has 0 heterocycles. The fourth-order valence-electron chi connectivity index (χ4n) is 2.22. The number of halogens is 1. The maximum Gasteiger partial charge on any atom is 0.127 e. The zero-order valence-electron chi connectivity index (χ0n) is 10.1. The van der Waals surface area contributed by atoms with Gasteiger partial charge in [-0.15, -0.1) is 0 Å². The van der Waals surface area contributed by atoms with Crippen LogP contribution in [0.5, 0.6) is 0 Å². The average Bonchev–Trinajstić information content (AvgIpc) is 2.17. The van der Waals surface area contributed by atoms with E-state index in [9.17, 15) is 4.39 Å². The molecule has 0 aliphatic heterocycles. The SMILES string of the molecule is Cc1ccc(F)c(CNC(C)C2CCC2)c1.